The Morgan fingerprint density at radius 3 is 2.17 bits per heavy atom. The van der Waals surface area contributed by atoms with Gasteiger partial charge in [0.2, 0.25) is 0 Å². The highest BCUT2D eigenvalue weighted by Crippen LogP contribution is 2.48. The highest BCUT2D eigenvalue weighted by molar-refractivity contribution is 7.46. The first-order valence-corrected chi connectivity index (χ1v) is 15.3. The summed E-state index contributed by atoms with van der Waals surface area (Å²) in [5.41, 5.74) is 0.559. The fourth-order valence-corrected chi connectivity index (χ4v) is 6.54. The van der Waals surface area contributed by atoms with Crippen LogP contribution in [0.5, 0.6) is 11.5 Å². The average Bonchev–Trinajstić information content (AvgIpc) is 3.18. The van der Waals surface area contributed by atoms with Crippen LogP contribution in [0.25, 0.3) is 0 Å². The molecular formula is C32H37N2O7P. The Bertz CT molecular complexity index is 1320. The Kier molecular flexibility index (Phi) is 9.33. The SMILES string of the molecule is [3H]C1O[C@@]2(COC(c3ccccc3)(c3ccc(OC)cc3)c3ccc(OC)cc3)CN(C)O[C@H]1C2OP(C)OCCC#N. The maximum absolute atomic E-state index is 8.92. The van der Waals surface area contributed by atoms with Crippen molar-refractivity contribution in [1.82, 2.24) is 5.06 Å². The fraction of sp³-hybridized carbons (Fsp3) is 0.406. The molecule has 3 unspecified atom stereocenters. The van der Waals surface area contributed by atoms with E-state index in [2.05, 4.69) is 6.07 Å². The van der Waals surface area contributed by atoms with Crippen LogP contribution in [0.2, 0.25) is 0 Å². The lowest BCUT2D eigenvalue weighted by Crippen LogP contribution is -2.60. The lowest BCUT2D eigenvalue weighted by molar-refractivity contribution is -0.256. The van der Waals surface area contributed by atoms with Gasteiger partial charge in [-0.1, -0.05) is 54.6 Å². The van der Waals surface area contributed by atoms with Crippen LogP contribution in [0, 0.1) is 11.3 Å². The second-order valence-electron chi connectivity index (χ2n) is 10.2. The largest absolute Gasteiger partial charge is 0.497 e. The van der Waals surface area contributed by atoms with Crippen LogP contribution in [0.15, 0.2) is 78.9 Å². The third-order valence-corrected chi connectivity index (χ3v) is 8.57. The zero-order valence-electron chi connectivity index (χ0n) is 25.3. The summed E-state index contributed by atoms with van der Waals surface area (Å²) >= 11 is 0. The van der Waals surface area contributed by atoms with Gasteiger partial charge in [0.15, 0.2) is 8.38 Å². The van der Waals surface area contributed by atoms with Gasteiger partial charge in [-0.05, 0) is 41.0 Å². The molecule has 2 fully saturated rings. The van der Waals surface area contributed by atoms with Gasteiger partial charge in [0, 0.05) is 13.7 Å². The number of rotatable bonds is 13. The van der Waals surface area contributed by atoms with Crippen LogP contribution in [0.3, 0.4) is 0 Å². The maximum Gasteiger partial charge on any atom is 0.167 e. The first kappa shape index (κ1) is 29.0. The number of methoxy groups -OCH3 is 2. The van der Waals surface area contributed by atoms with Crippen molar-refractivity contribution in [2.75, 3.05) is 54.3 Å². The van der Waals surface area contributed by atoms with Gasteiger partial charge < -0.3 is 28.0 Å². The van der Waals surface area contributed by atoms with Crippen LogP contribution in [0.4, 0.5) is 0 Å². The Morgan fingerprint density at radius 1 is 1.00 bits per heavy atom. The topological polar surface area (TPSA) is 91.6 Å². The van der Waals surface area contributed by atoms with E-state index in [0.717, 1.165) is 28.2 Å². The molecule has 9 nitrogen and oxygen atoms in total. The molecule has 5 atom stereocenters. The molecule has 5 rings (SSSR count). The Balaban J connectivity index is 1.58. The summed E-state index contributed by atoms with van der Waals surface area (Å²) in [6, 6.07) is 27.7. The zero-order valence-corrected chi connectivity index (χ0v) is 25.2. The highest BCUT2D eigenvalue weighted by atomic mass is 31.2. The highest BCUT2D eigenvalue weighted by Gasteiger charge is 2.58. The van der Waals surface area contributed by atoms with E-state index in [1.54, 1.807) is 19.3 Å². The quantitative estimate of drug-likeness (QED) is 0.149. The van der Waals surface area contributed by atoms with Crippen molar-refractivity contribution >= 4 is 8.38 Å². The molecule has 42 heavy (non-hydrogen) atoms. The molecule has 2 bridgehead atoms. The first-order chi connectivity index (χ1) is 20.8. The first-order valence-electron chi connectivity index (χ1n) is 14.3. The van der Waals surface area contributed by atoms with Gasteiger partial charge in [0.05, 0.1) is 54.4 Å². The summed E-state index contributed by atoms with van der Waals surface area (Å²) < 4.78 is 45.4. The Labute approximate surface area is 250 Å². The Morgan fingerprint density at radius 2 is 1.60 bits per heavy atom. The van der Waals surface area contributed by atoms with E-state index in [1.807, 2.05) is 92.6 Å². The molecule has 10 heteroatoms. The van der Waals surface area contributed by atoms with Gasteiger partial charge >= 0.3 is 0 Å². The molecule has 2 aliphatic rings. The molecule has 3 aromatic carbocycles. The van der Waals surface area contributed by atoms with Crippen LogP contribution < -0.4 is 9.47 Å². The second-order valence-corrected chi connectivity index (χ2v) is 11.5. The van der Waals surface area contributed by atoms with E-state index in [-0.39, 0.29) is 19.6 Å². The predicted octanol–water partition coefficient (Wildman–Crippen LogP) is 5.28. The molecule has 0 amide bonds. The van der Waals surface area contributed by atoms with Crippen molar-refractivity contribution in [3.05, 3.63) is 95.6 Å². The maximum atomic E-state index is 8.92. The molecule has 2 saturated heterocycles. The summed E-state index contributed by atoms with van der Waals surface area (Å²) in [7, 11) is 3.72. The fourth-order valence-electron chi connectivity index (χ4n) is 5.50. The lowest BCUT2D eigenvalue weighted by Gasteiger charge is -2.45. The second kappa shape index (κ2) is 13.5. The minimum atomic E-state index is -1.37. The number of fused-ring (bicyclic) bond motifs is 2. The molecule has 2 heterocycles. The van der Waals surface area contributed by atoms with Gasteiger partial charge in [0.25, 0.3) is 0 Å². The molecular weight excluding hydrogens is 555 g/mol. The normalized spacial score (nSPS) is 24.9. The van der Waals surface area contributed by atoms with Crippen LogP contribution in [0.1, 0.15) is 24.5 Å². The average molecular weight is 595 g/mol. The van der Waals surface area contributed by atoms with Crippen molar-refractivity contribution < 1.29 is 34.2 Å². The van der Waals surface area contributed by atoms with Gasteiger partial charge in [0.1, 0.15) is 34.9 Å². The smallest absolute Gasteiger partial charge is 0.167 e. The number of benzene rings is 3. The number of hydrogen-bond donors (Lipinski definition) is 0. The summed E-state index contributed by atoms with van der Waals surface area (Å²) in [5, 5.41) is 10.6. The Hall–Kier alpha value is -3.06. The van der Waals surface area contributed by atoms with E-state index < -0.39 is 38.4 Å². The predicted molar refractivity (Wildman–Crippen MR) is 158 cm³/mol. The van der Waals surface area contributed by atoms with Gasteiger partial charge in [-0.3, -0.25) is 4.84 Å². The third kappa shape index (κ3) is 6.17. The number of ether oxygens (including phenoxy) is 4. The monoisotopic (exact) mass is 594 g/mol. The molecule has 0 radical (unpaired) electrons. The molecule has 0 aliphatic carbocycles. The van der Waals surface area contributed by atoms with Gasteiger partial charge in [-0.15, -0.1) is 0 Å². The van der Waals surface area contributed by atoms with Crippen LogP contribution in [-0.2, 0) is 29.0 Å². The summed E-state index contributed by atoms with van der Waals surface area (Å²) in [4.78, 5) is 6.01. The molecule has 0 spiro atoms. The minimum Gasteiger partial charge on any atom is -0.497 e. The van der Waals surface area contributed by atoms with Gasteiger partial charge in [-0.2, -0.15) is 10.3 Å². The minimum absolute atomic E-state index is 0.0750. The van der Waals surface area contributed by atoms with Crippen molar-refractivity contribution in [3.63, 3.8) is 0 Å². The number of nitriles is 1. The summed E-state index contributed by atoms with van der Waals surface area (Å²) in [6.07, 6.45) is -1.05. The zero-order chi connectivity index (χ0) is 30.5. The number of nitrogens with zero attached hydrogens (tertiary/aromatic N) is 2. The lowest BCUT2D eigenvalue weighted by atomic mass is 9.79. The molecule has 0 N–H and O–H groups in total. The van der Waals surface area contributed by atoms with Gasteiger partial charge in [-0.25, -0.2) is 0 Å². The van der Waals surface area contributed by atoms with Crippen molar-refractivity contribution in [2.24, 2.45) is 0 Å². The summed E-state index contributed by atoms with van der Waals surface area (Å²) in [5.74, 6) is 1.45. The van der Waals surface area contributed by atoms with Crippen LogP contribution in [-0.4, -0.2) is 77.1 Å². The van der Waals surface area contributed by atoms with Crippen molar-refractivity contribution in [1.29, 1.82) is 5.26 Å². The van der Waals surface area contributed by atoms with Crippen LogP contribution >= 0.6 is 8.38 Å². The molecule has 222 valence electrons. The van der Waals surface area contributed by atoms with E-state index in [0.29, 0.717) is 6.54 Å². The molecule has 2 aliphatic heterocycles. The van der Waals surface area contributed by atoms with Crippen molar-refractivity contribution in [3.8, 4) is 17.6 Å². The number of hydroxylamine groups is 2. The number of hydrogen-bond acceptors (Lipinski definition) is 9. The summed E-state index contributed by atoms with van der Waals surface area (Å²) in [6.45, 7) is 1.49. The van der Waals surface area contributed by atoms with E-state index >= 15 is 0 Å². The number of likely N-dealkylation sites (N-methyl/N-ethyl adjacent to an activating group) is 1. The molecule has 0 saturated carbocycles. The standard InChI is InChI=1S/C32H37N2O7P/c1-34-22-31(30(29(40-34)21-37-31)41-42(4)39-20-8-19-33)23-38-32(24-9-6-5-7-10-24,25-11-15-27(35-2)16-12-25)26-13-17-28(36-3)18-14-26/h5-7,9-18,29-30H,8,20-23H2,1-4H3/t29-,30?,31-,42?/m1/s1/i21T/t21?,29-,30?,31-,42?. The molecule has 3 aromatic rings. The van der Waals surface area contributed by atoms with E-state index in [4.69, 9.17) is 39.5 Å². The van der Waals surface area contributed by atoms with E-state index in [1.165, 1.54) is 0 Å². The third-order valence-electron chi connectivity index (χ3n) is 7.50. The molecule has 0 aromatic heterocycles. The van der Waals surface area contributed by atoms with Crippen molar-refractivity contribution in [2.45, 2.75) is 29.8 Å². The van der Waals surface area contributed by atoms with E-state index in [9.17, 15) is 0 Å².